The molecule has 0 spiro atoms. The summed E-state index contributed by atoms with van der Waals surface area (Å²) in [5.41, 5.74) is 4.58. The van der Waals surface area contributed by atoms with Gasteiger partial charge in [-0.25, -0.2) is 0 Å². The highest BCUT2D eigenvalue weighted by molar-refractivity contribution is 7.20. The molecule has 2 unspecified atom stereocenters. The second kappa shape index (κ2) is 6.51. The summed E-state index contributed by atoms with van der Waals surface area (Å²) in [6.07, 6.45) is 3.15. The summed E-state index contributed by atoms with van der Waals surface area (Å²) in [7, 11) is -3.21. The monoisotopic (exact) mass is 366 g/mol. The molecule has 0 amide bonds. The largest absolute Gasteiger partial charge is 0.378 e. The van der Waals surface area contributed by atoms with E-state index < -0.39 is 15.5 Å². The predicted octanol–water partition coefficient (Wildman–Crippen LogP) is 6.21. The van der Waals surface area contributed by atoms with Crippen LogP contribution in [0.1, 0.15) is 37.4 Å². The molecule has 2 atom stereocenters. The maximum absolute atomic E-state index is 7.09. The van der Waals surface area contributed by atoms with Crippen LogP contribution >= 0.6 is 11.1 Å². The van der Waals surface area contributed by atoms with E-state index in [1.54, 1.807) is 0 Å². The summed E-state index contributed by atoms with van der Waals surface area (Å²) >= 11 is 7.09. The molecule has 1 aliphatic carbocycles. The smallest absolute Gasteiger partial charge is 0.190 e. The van der Waals surface area contributed by atoms with E-state index in [9.17, 15) is 0 Å². The number of fused-ring (bicyclic) bond motifs is 1. The Morgan fingerprint density at radius 1 is 1.09 bits per heavy atom. The van der Waals surface area contributed by atoms with Crippen LogP contribution in [0.5, 0.6) is 0 Å². The van der Waals surface area contributed by atoms with Crippen molar-refractivity contribution in [1.82, 2.24) is 0 Å². The molecule has 0 fully saturated rings. The van der Waals surface area contributed by atoms with Gasteiger partial charge in [0.2, 0.25) is 0 Å². The molecule has 1 aromatic carbocycles. The van der Waals surface area contributed by atoms with Crippen LogP contribution in [0, 0.1) is 0 Å². The first-order valence-corrected chi connectivity index (χ1v) is 16.0. The fraction of sp³-hybridized carbons (Fsp3) is 0.579. The van der Waals surface area contributed by atoms with Gasteiger partial charge in [-0.1, -0.05) is 56.5 Å². The number of rotatable bonds is 5. The van der Waals surface area contributed by atoms with Gasteiger partial charge in [0, 0.05) is 13.6 Å². The molecule has 0 radical (unpaired) electrons. The van der Waals surface area contributed by atoms with Crippen LogP contribution in [0.15, 0.2) is 30.3 Å². The van der Waals surface area contributed by atoms with Crippen molar-refractivity contribution in [2.24, 2.45) is 0 Å². The van der Waals surface area contributed by atoms with E-state index in [1.807, 2.05) is 0 Å². The third kappa shape index (κ3) is 5.06. The van der Waals surface area contributed by atoms with Crippen molar-refractivity contribution in [2.45, 2.75) is 64.1 Å². The molecule has 1 nitrogen and oxygen atoms in total. The molecule has 0 aromatic heterocycles. The van der Waals surface area contributed by atoms with Crippen LogP contribution in [0.25, 0.3) is 5.57 Å². The Bertz CT molecular complexity index is 594. The first kappa shape index (κ1) is 19.0. The topological polar surface area (TPSA) is 9.23 Å². The highest BCUT2D eigenvalue weighted by Crippen LogP contribution is 2.45. The fourth-order valence-corrected chi connectivity index (χ4v) is 7.61. The minimum atomic E-state index is -2.06. The van der Waals surface area contributed by atoms with E-state index in [0.29, 0.717) is 11.8 Å². The minimum Gasteiger partial charge on any atom is -0.378 e. The molecule has 0 bridgehead atoms. The average molecular weight is 367 g/mol. The summed E-state index contributed by atoms with van der Waals surface area (Å²) in [4.78, 5) is 0. The molecule has 0 saturated carbocycles. The zero-order valence-electron chi connectivity index (χ0n) is 15.7. The summed E-state index contributed by atoms with van der Waals surface area (Å²) in [6, 6.07) is 10.1. The molecule has 0 aliphatic heterocycles. The number of halogens is 1. The molecule has 128 valence electrons. The maximum Gasteiger partial charge on any atom is 0.190 e. The molecule has 0 N–H and O–H groups in total. The molecule has 1 aliphatic rings. The van der Waals surface area contributed by atoms with Gasteiger partial charge in [-0.2, -0.15) is 11.1 Å². The van der Waals surface area contributed by atoms with Gasteiger partial charge in [-0.3, -0.25) is 0 Å². The first-order valence-electron chi connectivity index (χ1n) is 8.52. The standard InChI is InChI=1S/C19H31ClOSi2/c1-19(2,3)21-14-23(7,20)18-12-15(13-22(4,5)6)16-10-8-9-11-17(16)18/h8-12,18H,13-14H2,1-7H3. The lowest BCUT2D eigenvalue weighted by atomic mass is 10.1. The van der Waals surface area contributed by atoms with Gasteiger partial charge in [0.05, 0.1) is 11.8 Å². The van der Waals surface area contributed by atoms with Crippen LogP contribution < -0.4 is 0 Å². The van der Waals surface area contributed by atoms with Gasteiger partial charge in [0.25, 0.3) is 0 Å². The van der Waals surface area contributed by atoms with Gasteiger partial charge in [0.1, 0.15) is 0 Å². The average Bonchev–Trinajstić information content (AvgIpc) is 2.74. The summed E-state index contributed by atoms with van der Waals surface area (Å²) in [6.45, 7) is 15.9. The lowest BCUT2D eigenvalue weighted by Gasteiger charge is -2.30. The zero-order valence-corrected chi connectivity index (χ0v) is 18.4. The predicted molar refractivity (Wildman–Crippen MR) is 108 cm³/mol. The lowest BCUT2D eigenvalue weighted by molar-refractivity contribution is 0.0225. The molecule has 1 aromatic rings. The molecule has 0 saturated heterocycles. The van der Waals surface area contributed by atoms with Crippen LogP contribution in [-0.2, 0) is 4.74 Å². The second-order valence-corrected chi connectivity index (χ2v) is 20.7. The Labute approximate surface area is 148 Å². The quantitative estimate of drug-likeness (QED) is 0.444. The van der Waals surface area contributed by atoms with Crippen LogP contribution in [0.3, 0.4) is 0 Å². The Kier molecular flexibility index (Phi) is 5.37. The van der Waals surface area contributed by atoms with Crippen molar-refractivity contribution < 1.29 is 4.74 Å². The summed E-state index contributed by atoms with van der Waals surface area (Å²) in [5.74, 6) is 0. The minimum absolute atomic E-state index is 0.133. The lowest BCUT2D eigenvalue weighted by Crippen LogP contribution is -2.40. The SMILES string of the molecule is CC(C)(C)OC[Si](C)(Cl)C1C=C(C[Si](C)(C)C)c2ccccc21. The van der Waals surface area contributed by atoms with E-state index >= 15 is 0 Å². The van der Waals surface area contributed by atoms with Crippen LogP contribution in [0.2, 0.25) is 32.2 Å². The van der Waals surface area contributed by atoms with Crippen molar-refractivity contribution in [1.29, 1.82) is 0 Å². The fourth-order valence-electron chi connectivity index (χ4n) is 3.11. The Morgan fingerprint density at radius 2 is 1.70 bits per heavy atom. The maximum atomic E-state index is 7.09. The van der Waals surface area contributed by atoms with Crippen molar-refractivity contribution in [2.75, 3.05) is 6.23 Å². The van der Waals surface area contributed by atoms with E-state index in [4.69, 9.17) is 15.8 Å². The van der Waals surface area contributed by atoms with Gasteiger partial charge < -0.3 is 4.74 Å². The van der Waals surface area contributed by atoms with Crippen molar-refractivity contribution in [3.63, 3.8) is 0 Å². The van der Waals surface area contributed by atoms with E-state index in [2.05, 4.69) is 77.3 Å². The molecule has 4 heteroatoms. The van der Waals surface area contributed by atoms with Gasteiger partial charge in [-0.05, 0) is 43.5 Å². The Balaban J connectivity index is 2.31. The number of ether oxygens (including phenoxy) is 1. The van der Waals surface area contributed by atoms with Crippen molar-refractivity contribution in [3.8, 4) is 0 Å². The third-order valence-corrected chi connectivity index (χ3v) is 9.12. The second-order valence-electron chi connectivity index (χ2n) is 9.17. The normalized spacial score (nSPS) is 20.9. The molecule has 23 heavy (non-hydrogen) atoms. The molecular formula is C19H31ClOSi2. The van der Waals surface area contributed by atoms with Crippen molar-refractivity contribution in [3.05, 3.63) is 41.5 Å². The Hall–Kier alpha value is -0.356. The third-order valence-electron chi connectivity index (χ3n) is 4.17. The van der Waals surface area contributed by atoms with Gasteiger partial charge in [0.15, 0.2) is 7.38 Å². The van der Waals surface area contributed by atoms with E-state index in [1.165, 1.54) is 22.7 Å². The van der Waals surface area contributed by atoms with Crippen LogP contribution in [0.4, 0.5) is 0 Å². The number of allylic oxidation sites excluding steroid dienone is 2. The Morgan fingerprint density at radius 3 is 2.26 bits per heavy atom. The highest BCUT2D eigenvalue weighted by Gasteiger charge is 2.41. The molecule has 0 heterocycles. The van der Waals surface area contributed by atoms with E-state index in [-0.39, 0.29) is 5.60 Å². The van der Waals surface area contributed by atoms with E-state index in [0.717, 1.165) is 0 Å². The number of hydrogen-bond acceptors (Lipinski definition) is 1. The zero-order chi connectivity index (χ0) is 17.5. The van der Waals surface area contributed by atoms with Gasteiger partial charge >= 0.3 is 0 Å². The van der Waals surface area contributed by atoms with Crippen LogP contribution in [-0.4, -0.2) is 27.3 Å². The van der Waals surface area contributed by atoms with Gasteiger partial charge in [-0.15, -0.1) is 0 Å². The van der Waals surface area contributed by atoms with Crippen molar-refractivity contribution >= 4 is 32.1 Å². The summed E-state index contributed by atoms with van der Waals surface area (Å²) < 4.78 is 6.07. The number of benzene rings is 1. The highest BCUT2D eigenvalue weighted by atomic mass is 35.6. The molecular weight excluding hydrogens is 336 g/mol. The first-order chi connectivity index (χ1) is 10.4. The molecule has 2 rings (SSSR count). The summed E-state index contributed by atoms with van der Waals surface area (Å²) in [5, 5.41) is 0. The number of hydrogen-bond donors (Lipinski definition) is 0.